The summed E-state index contributed by atoms with van der Waals surface area (Å²) in [6.07, 6.45) is 4.32. The third-order valence-electron chi connectivity index (χ3n) is 4.61. The van der Waals surface area contributed by atoms with Crippen molar-refractivity contribution in [1.82, 2.24) is 15.2 Å². The van der Waals surface area contributed by atoms with E-state index >= 15 is 0 Å². The summed E-state index contributed by atoms with van der Waals surface area (Å²) >= 11 is 3.36. The van der Waals surface area contributed by atoms with Crippen LogP contribution >= 0.6 is 15.9 Å². The summed E-state index contributed by atoms with van der Waals surface area (Å²) in [6.45, 7) is 0.954. The second-order valence-corrected chi connectivity index (χ2v) is 7.50. The first-order chi connectivity index (χ1) is 13.5. The van der Waals surface area contributed by atoms with E-state index in [4.69, 9.17) is 0 Å². The average molecular weight is 445 g/mol. The van der Waals surface area contributed by atoms with Crippen LogP contribution in [0.3, 0.4) is 0 Å². The molecule has 0 radical (unpaired) electrons. The van der Waals surface area contributed by atoms with Gasteiger partial charge in [0.25, 0.3) is 5.91 Å². The molecule has 8 heteroatoms. The number of nitrogens with zero attached hydrogens (tertiary/aromatic N) is 2. The van der Waals surface area contributed by atoms with Crippen LogP contribution in [0.1, 0.15) is 23.2 Å². The van der Waals surface area contributed by atoms with Gasteiger partial charge in [-0.15, -0.1) is 0 Å². The summed E-state index contributed by atoms with van der Waals surface area (Å²) < 4.78 is 0.923. The van der Waals surface area contributed by atoms with Crippen molar-refractivity contribution in [2.45, 2.75) is 12.8 Å². The lowest BCUT2D eigenvalue weighted by Crippen LogP contribution is -2.44. The van der Waals surface area contributed by atoms with Crippen molar-refractivity contribution < 1.29 is 14.4 Å². The van der Waals surface area contributed by atoms with Crippen LogP contribution in [0, 0.1) is 5.92 Å². The van der Waals surface area contributed by atoms with Crippen molar-refractivity contribution in [3.05, 3.63) is 58.8 Å². The summed E-state index contributed by atoms with van der Waals surface area (Å²) in [7, 11) is 0. The molecule has 1 fully saturated rings. The maximum atomic E-state index is 12.5. The van der Waals surface area contributed by atoms with Crippen LogP contribution in [-0.2, 0) is 9.59 Å². The number of nitrogens with one attached hydrogen (secondary N) is 2. The molecule has 0 spiro atoms. The predicted octanol–water partition coefficient (Wildman–Crippen LogP) is 2.45. The predicted molar refractivity (Wildman–Crippen MR) is 109 cm³/mol. The van der Waals surface area contributed by atoms with Gasteiger partial charge in [-0.3, -0.25) is 19.4 Å². The number of anilines is 1. The van der Waals surface area contributed by atoms with Crippen LogP contribution in [0.2, 0.25) is 0 Å². The molecule has 0 bridgehead atoms. The zero-order valence-corrected chi connectivity index (χ0v) is 16.8. The smallest absolute Gasteiger partial charge is 0.253 e. The fraction of sp³-hybridized carbons (Fsp3) is 0.300. The first-order valence-corrected chi connectivity index (χ1v) is 9.84. The second kappa shape index (κ2) is 9.45. The number of benzene rings is 1. The summed E-state index contributed by atoms with van der Waals surface area (Å²) in [5.41, 5.74) is 1.22. The third kappa shape index (κ3) is 5.39. The van der Waals surface area contributed by atoms with E-state index in [2.05, 4.69) is 31.5 Å². The van der Waals surface area contributed by atoms with Crippen molar-refractivity contribution in [1.29, 1.82) is 0 Å². The van der Waals surface area contributed by atoms with E-state index in [0.717, 1.165) is 4.47 Å². The van der Waals surface area contributed by atoms with Gasteiger partial charge in [-0.2, -0.15) is 0 Å². The van der Waals surface area contributed by atoms with Crippen molar-refractivity contribution in [2.24, 2.45) is 5.92 Å². The molecule has 1 aliphatic rings. The van der Waals surface area contributed by atoms with Crippen LogP contribution in [0.4, 0.5) is 5.69 Å². The fourth-order valence-electron chi connectivity index (χ4n) is 3.07. The van der Waals surface area contributed by atoms with Gasteiger partial charge in [-0.05, 0) is 49.2 Å². The Kier molecular flexibility index (Phi) is 6.76. The maximum absolute atomic E-state index is 12.5. The largest absolute Gasteiger partial charge is 0.347 e. The topological polar surface area (TPSA) is 91.4 Å². The number of amides is 3. The zero-order chi connectivity index (χ0) is 19.9. The first-order valence-electron chi connectivity index (χ1n) is 9.05. The molecule has 1 saturated heterocycles. The van der Waals surface area contributed by atoms with Gasteiger partial charge in [0, 0.05) is 35.2 Å². The highest BCUT2D eigenvalue weighted by molar-refractivity contribution is 9.10. The molecule has 28 heavy (non-hydrogen) atoms. The number of piperidine rings is 1. The number of aromatic nitrogens is 1. The Morgan fingerprint density at radius 1 is 1.11 bits per heavy atom. The summed E-state index contributed by atoms with van der Waals surface area (Å²) in [4.78, 5) is 42.5. The molecule has 7 nitrogen and oxygen atoms in total. The molecule has 146 valence electrons. The van der Waals surface area contributed by atoms with E-state index in [1.807, 2.05) is 12.1 Å². The minimum absolute atomic E-state index is 0.0257. The molecule has 2 aromatic rings. The number of likely N-dealkylation sites (tertiary alicyclic amines) is 1. The fourth-order valence-corrected chi connectivity index (χ4v) is 3.34. The van der Waals surface area contributed by atoms with Crippen molar-refractivity contribution >= 4 is 39.3 Å². The highest BCUT2D eigenvalue weighted by Gasteiger charge is 2.28. The molecule has 1 aliphatic heterocycles. The van der Waals surface area contributed by atoms with Gasteiger partial charge in [0.2, 0.25) is 11.8 Å². The number of hydrogen-bond acceptors (Lipinski definition) is 4. The van der Waals surface area contributed by atoms with Crippen molar-refractivity contribution in [2.75, 3.05) is 25.0 Å². The zero-order valence-electron chi connectivity index (χ0n) is 15.2. The van der Waals surface area contributed by atoms with Gasteiger partial charge >= 0.3 is 0 Å². The van der Waals surface area contributed by atoms with Gasteiger partial charge in [-0.25, -0.2) is 0 Å². The Bertz CT molecular complexity index is 834. The number of halogens is 1. The first kappa shape index (κ1) is 20.0. The monoisotopic (exact) mass is 444 g/mol. The van der Waals surface area contributed by atoms with Gasteiger partial charge in [0.15, 0.2) is 0 Å². The molecule has 3 amide bonds. The molecule has 3 rings (SSSR count). The number of carbonyl (C=O) groups is 3. The maximum Gasteiger partial charge on any atom is 0.253 e. The van der Waals surface area contributed by atoms with E-state index in [9.17, 15) is 14.4 Å². The highest BCUT2D eigenvalue weighted by Crippen LogP contribution is 2.20. The third-order valence-corrected chi connectivity index (χ3v) is 5.14. The Balaban J connectivity index is 1.42. The number of hydrogen-bond donors (Lipinski definition) is 2. The molecule has 1 aromatic heterocycles. The molecule has 0 saturated carbocycles. The lowest BCUT2D eigenvalue weighted by Gasteiger charge is -2.31. The van der Waals surface area contributed by atoms with Crippen LogP contribution in [-0.4, -0.2) is 47.2 Å². The summed E-state index contributed by atoms with van der Waals surface area (Å²) in [5.74, 6) is -0.677. The Labute approximate surface area is 171 Å². The van der Waals surface area contributed by atoms with Gasteiger partial charge in [-0.1, -0.05) is 15.9 Å². The minimum atomic E-state index is -0.302. The van der Waals surface area contributed by atoms with Crippen molar-refractivity contribution in [3.63, 3.8) is 0 Å². The Morgan fingerprint density at radius 2 is 1.82 bits per heavy atom. The van der Waals surface area contributed by atoms with E-state index in [1.54, 1.807) is 35.4 Å². The molecule has 2 N–H and O–H groups in total. The molecular formula is C20H21BrN4O3. The van der Waals surface area contributed by atoms with E-state index in [0.29, 0.717) is 37.2 Å². The van der Waals surface area contributed by atoms with Crippen LogP contribution < -0.4 is 10.6 Å². The molecule has 2 heterocycles. The summed E-state index contributed by atoms with van der Waals surface area (Å²) in [6, 6.07) is 10.7. The van der Waals surface area contributed by atoms with Crippen LogP contribution in [0.15, 0.2) is 53.3 Å². The van der Waals surface area contributed by atoms with Gasteiger partial charge in [0.05, 0.1) is 18.4 Å². The van der Waals surface area contributed by atoms with Gasteiger partial charge in [0.1, 0.15) is 0 Å². The molecule has 0 aliphatic carbocycles. The lowest BCUT2D eigenvalue weighted by molar-refractivity contribution is -0.128. The standard InChI is InChI=1S/C20H21BrN4O3/c21-16-5-3-15(4-6-16)20(28)25-10-7-14(8-11-25)19(27)23-13-18(26)24-17-2-1-9-22-12-17/h1-6,9,12,14H,7-8,10-11,13H2,(H,23,27)(H,24,26). The van der Waals surface area contributed by atoms with E-state index < -0.39 is 0 Å². The second-order valence-electron chi connectivity index (χ2n) is 6.58. The number of rotatable bonds is 5. The number of pyridine rings is 1. The highest BCUT2D eigenvalue weighted by atomic mass is 79.9. The average Bonchev–Trinajstić information content (AvgIpc) is 2.73. The van der Waals surface area contributed by atoms with Gasteiger partial charge < -0.3 is 15.5 Å². The molecular weight excluding hydrogens is 424 g/mol. The quantitative estimate of drug-likeness (QED) is 0.740. The SMILES string of the molecule is O=C(CNC(=O)C1CCN(C(=O)c2ccc(Br)cc2)CC1)Nc1cccnc1. The van der Waals surface area contributed by atoms with E-state index in [1.165, 1.54) is 6.20 Å². The van der Waals surface area contributed by atoms with Crippen molar-refractivity contribution in [3.8, 4) is 0 Å². The molecule has 1 aromatic carbocycles. The molecule has 0 unspecified atom stereocenters. The summed E-state index contributed by atoms with van der Waals surface area (Å²) in [5, 5.41) is 5.35. The number of carbonyl (C=O) groups excluding carboxylic acids is 3. The van der Waals surface area contributed by atoms with Crippen LogP contribution in [0.25, 0.3) is 0 Å². The van der Waals surface area contributed by atoms with E-state index in [-0.39, 0.29) is 30.2 Å². The normalized spacial score (nSPS) is 14.4. The Hall–Kier alpha value is -2.74. The lowest BCUT2D eigenvalue weighted by atomic mass is 9.95. The Morgan fingerprint density at radius 3 is 2.46 bits per heavy atom. The van der Waals surface area contributed by atoms with Crippen LogP contribution in [0.5, 0.6) is 0 Å². The minimum Gasteiger partial charge on any atom is -0.347 e. The molecule has 0 atom stereocenters.